The Bertz CT molecular complexity index is 929. The molecule has 0 radical (unpaired) electrons. The van der Waals surface area contributed by atoms with Crippen molar-refractivity contribution >= 4 is 17.7 Å². The molecule has 26 heavy (non-hydrogen) atoms. The summed E-state index contributed by atoms with van der Waals surface area (Å²) in [7, 11) is 0. The van der Waals surface area contributed by atoms with Gasteiger partial charge >= 0.3 is 0 Å². The molecule has 0 bridgehead atoms. The van der Waals surface area contributed by atoms with Crippen LogP contribution in [0.3, 0.4) is 0 Å². The Hall–Kier alpha value is -2.93. The number of benzene rings is 2. The highest BCUT2D eigenvalue weighted by Crippen LogP contribution is 2.15. The van der Waals surface area contributed by atoms with Gasteiger partial charge in [0.2, 0.25) is 5.91 Å². The number of carbonyl (C=O) groups excluding carboxylic acids is 1. The zero-order chi connectivity index (χ0) is 18.4. The maximum atomic E-state index is 12.2. The van der Waals surface area contributed by atoms with Crippen molar-refractivity contribution in [3.63, 3.8) is 0 Å². The van der Waals surface area contributed by atoms with Gasteiger partial charge in [-0.3, -0.25) is 14.6 Å². The van der Waals surface area contributed by atoms with Crippen molar-refractivity contribution in [2.75, 3.05) is 5.75 Å². The molecule has 6 nitrogen and oxygen atoms in total. The zero-order valence-electron chi connectivity index (χ0n) is 14.2. The quantitative estimate of drug-likeness (QED) is 0.655. The monoisotopic (exact) mass is 366 g/mol. The van der Waals surface area contributed by atoms with Gasteiger partial charge in [-0.2, -0.15) is 0 Å². The second-order valence-corrected chi connectivity index (χ2v) is 6.63. The number of hydrogen-bond acceptors (Lipinski definition) is 5. The van der Waals surface area contributed by atoms with Gasteiger partial charge in [0.25, 0.3) is 5.56 Å². The van der Waals surface area contributed by atoms with Gasteiger partial charge < -0.3 is 5.32 Å². The number of aromatic nitrogens is 3. The highest BCUT2D eigenvalue weighted by atomic mass is 32.2. The van der Waals surface area contributed by atoms with Gasteiger partial charge in [0.05, 0.1) is 11.8 Å². The van der Waals surface area contributed by atoms with E-state index in [-0.39, 0.29) is 29.0 Å². The van der Waals surface area contributed by atoms with E-state index >= 15 is 0 Å². The van der Waals surface area contributed by atoms with E-state index in [4.69, 9.17) is 0 Å². The molecule has 0 aliphatic heterocycles. The number of thioether (sulfide) groups is 1. The largest absolute Gasteiger partial charge is 0.349 e. The van der Waals surface area contributed by atoms with Crippen LogP contribution >= 0.6 is 11.8 Å². The Kier molecular flexibility index (Phi) is 5.80. The Labute approximate surface area is 155 Å². The van der Waals surface area contributed by atoms with E-state index in [9.17, 15) is 9.59 Å². The SMILES string of the molecule is C[C@@H](NC(=O)CSc1nnc(-c2ccccc2)c(=O)[nH]1)c1ccccc1. The molecule has 1 heterocycles. The van der Waals surface area contributed by atoms with Crippen molar-refractivity contribution in [1.29, 1.82) is 0 Å². The molecule has 0 fully saturated rings. The van der Waals surface area contributed by atoms with Crippen LogP contribution in [-0.4, -0.2) is 26.8 Å². The fourth-order valence-corrected chi connectivity index (χ4v) is 3.03. The Morgan fingerprint density at radius 2 is 1.73 bits per heavy atom. The molecule has 2 aromatic carbocycles. The minimum atomic E-state index is -0.327. The van der Waals surface area contributed by atoms with E-state index < -0.39 is 0 Å². The second kappa shape index (κ2) is 8.44. The summed E-state index contributed by atoms with van der Waals surface area (Å²) in [5, 5.41) is 11.2. The predicted octanol–water partition coefficient (Wildman–Crippen LogP) is 2.80. The van der Waals surface area contributed by atoms with Gasteiger partial charge in [-0.25, -0.2) is 0 Å². The summed E-state index contributed by atoms with van der Waals surface area (Å²) in [5.74, 6) is 0.00748. The molecule has 0 aliphatic carbocycles. The molecule has 2 N–H and O–H groups in total. The Morgan fingerprint density at radius 3 is 2.38 bits per heavy atom. The summed E-state index contributed by atoms with van der Waals surface area (Å²) in [6.45, 7) is 1.92. The fourth-order valence-electron chi connectivity index (χ4n) is 2.41. The minimum absolute atomic E-state index is 0.0881. The first-order valence-corrected chi connectivity index (χ1v) is 9.11. The van der Waals surface area contributed by atoms with Crippen LogP contribution in [0.15, 0.2) is 70.6 Å². The van der Waals surface area contributed by atoms with E-state index in [2.05, 4.69) is 20.5 Å². The standard InChI is InChI=1S/C19H18N4O2S/c1-13(14-8-4-2-5-9-14)20-16(24)12-26-19-21-18(25)17(22-23-19)15-10-6-3-7-11-15/h2-11,13H,12H2,1H3,(H,20,24)(H,21,23,25)/t13-/m1/s1. The Morgan fingerprint density at radius 1 is 1.08 bits per heavy atom. The molecule has 1 atom stereocenters. The number of amides is 1. The van der Waals surface area contributed by atoms with Gasteiger partial charge in [0.15, 0.2) is 10.9 Å². The van der Waals surface area contributed by atoms with Crippen LogP contribution in [0.5, 0.6) is 0 Å². The molecule has 0 aliphatic rings. The first-order valence-electron chi connectivity index (χ1n) is 8.13. The summed E-state index contributed by atoms with van der Waals surface area (Å²) in [6, 6.07) is 18.8. The van der Waals surface area contributed by atoms with Crippen molar-refractivity contribution in [2.45, 2.75) is 18.1 Å². The van der Waals surface area contributed by atoms with Gasteiger partial charge in [-0.05, 0) is 12.5 Å². The lowest BCUT2D eigenvalue weighted by Gasteiger charge is -2.13. The van der Waals surface area contributed by atoms with Crippen molar-refractivity contribution in [3.05, 3.63) is 76.6 Å². The topological polar surface area (TPSA) is 87.7 Å². The van der Waals surface area contributed by atoms with E-state index in [0.29, 0.717) is 10.7 Å². The molecule has 3 aromatic rings. The van der Waals surface area contributed by atoms with E-state index in [1.54, 1.807) is 12.1 Å². The Balaban J connectivity index is 1.59. The van der Waals surface area contributed by atoms with Crippen LogP contribution in [0.2, 0.25) is 0 Å². The molecule has 1 aromatic heterocycles. The van der Waals surface area contributed by atoms with Gasteiger partial charge in [0, 0.05) is 5.56 Å². The molecule has 7 heteroatoms. The first kappa shape index (κ1) is 17.9. The average molecular weight is 366 g/mol. The molecule has 0 spiro atoms. The molecular formula is C19H18N4O2S. The third-order valence-electron chi connectivity index (χ3n) is 3.74. The zero-order valence-corrected chi connectivity index (χ0v) is 15.0. The summed E-state index contributed by atoms with van der Waals surface area (Å²) in [6.07, 6.45) is 0. The molecule has 0 saturated heterocycles. The first-order chi connectivity index (χ1) is 12.6. The number of hydrogen-bond donors (Lipinski definition) is 2. The molecule has 0 saturated carbocycles. The van der Waals surface area contributed by atoms with Crippen LogP contribution in [-0.2, 0) is 4.79 Å². The van der Waals surface area contributed by atoms with Crippen LogP contribution in [0, 0.1) is 0 Å². The molecular weight excluding hydrogens is 348 g/mol. The van der Waals surface area contributed by atoms with Crippen LogP contribution in [0.25, 0.3) is 11.3 Å². The number of rotatable bonds is 6. The number of nitrogens with zero attached hydrogens (tertiary/aromatic N) is 2. The summed E-state index contributed by atoms with van der Waals surface area (Å²) in [5.41, 5.74) is 1.67. The smallest absolute Gasteiger partial charge is 0.278 e. The van der Waals surface area contributed by atoms with Crippen molar-refractivity contribution in [2.24, 2.45) is 0 Å². The maximum Gasteiger partial charge on any atom is 0.278 e. The van der Waals surface area contributed by atoms with Crippen molar-refractivity contribution in [1.82, 2.24) is 20.5 Å². The average Bonchev–Trinajstić information content (AvgIpc) is 2.68. The maximum absolute atomic E-state index is 12.2. The molecule has 1 amide bonds. The van der Waals surface area contributed by atoms with Crippen molar-refractivity contribution in [3.8, 4) is 11.3 Å². The van der Waals surface area contributed by atoms with E-state index in [1.807, 2.05) is 55.5 Å². The second-order valence-electron chi connectivity index (χ2n) is 5.66. The van der Waals surface area contributed by atoms with Gasteiger partial charge in [0.1, 0.15) is 0 Å². The third-order valence-corrected chi connectivity index (χ3v) is 4.60. The molecule has 132 valence electrons. The normalized spacial score (nSPS) is 11.7. The van der Waals surface area contributed by atoms with E-state index in [0.717, 1.165) is 17.3 Å². The van der Waals surface area contributed by atoms with Gasteiger partial charge in [-0.15, -0.1) is 10.2 Å². The number of carbonyl (C=O) groups is 1. The van der Waals surface area contributed by atoms with E-state index in [1.165, 1.54) is 0 Å². The third kappa shape index (κ3) is 4.58. The van der Waals surface area contributed by atoms with Crippen molar-refractivity contribution < 1.29 is 4.79 Å². The summed E-state index contributed by atoms with van der Waals surface area (Å²) < 4.78 is 0. The lowest BCUT2D eigenvalue weighted by molar-refractivity contribution is -0.119. The van der Waals surface area contributed by atoms with Gasteiger partial charge in [-0.1, -0.05) is 72.4 Å². The summed E-state index contributed by atoms with van der Waals surface area (Å²) in [4.78, 5) is 26.9. The van der Waals surface area contributed by atoms with Crippen LogP contribution in [0.4, 0.5) is 0 Å². The molecule has 3 rings (SSSR count). The van der Waals surface area contributed by atoms with Crippen LogP contribution < -0.4 is 10.9 Å². The predicted molar refractivity (Wildman–Crippen MR) is 102 cm³/mol. The van der Waals surface area contributed by atoms with Crippen LogP contribution in [0.1, 0.15) is 18.5 Å². The lowest BCUT2D eigenvalue weighted by atomic mass is 10.1. The highest BCUT2D eigenvalue weighted by molar-refractivity contribution is 7.99. The number of nitrogens with one attached hydrogen (secondary N) is 2. The fraction of sp³-hybridized carbons (Fsp3) is 0.158. The highest BCUT2D eigenvalue weighted by Gasteiger charge is 2.12. The lowest BCUT2D eigenvalue weighted by Crippen LogP contribution is -2.28. The molecule has 0 unspecified atom stereocenters. The summed E-state index contributed by atoms with van der Waals surface area (Å²) >= 11 is 1.14. The number of aromatic amines is 1. The number of H-pyrrole nitrogens is 1. The minimum Gasteiger partial charge on any atom is -0.349 e.